The van der Waals surface area contributed by atoms with Gasteiger partial charge in [-0.2, -0.15) is 0 Å². The zero-order valence-corrected chi connectivity index (χ0v) is 14.8. The van der Waals surface area contributed by atoms with Gasteiger partial charge in [-0.1, -0.05) is 36.4 Å². The molecule has 25 heavy (non-hydrogen) atoms. The molecule has 0 amide bonds. The first-order valence-electron chi connectivity index (χ1n) is 7.41. The Labute approximate surface area is 147 Å². The van der Waals surface area contributed by atoms with Crippen molar-refractivity contribution in [1.29, 1.82) is 0 Å². The molecule has 1 heterocycles. The number of benzene rings is 2. The van der Waals surface area contributed by atoms with Crippen LogP contribution in [0.5, 0.6) is 0 Å². The van der Waals surface area contributed by atoms with E-state index in [9.17, 15) is 16.8 Å². The van der Waals surface area contributed by atoms with Gasteiger partial charge in [0.25, 0.3) is 20.0 Å². The Morgan fingerprint density at radius 1 is 0.600 bits per heavy atom. The molecule has 0 radical (unpaired) electrons. The monoisotopic (exact) mass is 376 g/mol. The van der Waals surface area contributed by atoms with Crippen LogP contribution in [-0.2, 0) is 20.0 Å². The normalized spacial score (nSPS) is 15.2. The van der Waals surface area contributed by atoms with Gasteiger partial charge in [0, 0.05) is 12.4 Å². The van der Waals surface area contributed by atoms with Crippen molar-refractivity contribution < 1.29 is 16.8 Å². The van der Waals surface area contributed by atoms with Gasteiger partial charge in [0.1, 0.15) is 6.67 Å². The Balaban J connectivity index is 1.96. The van der Waals surface area contributed by atoms with Crippen LogP contribution in [0.3, 0.4) is 0 Å². The minimum absolute atomic E-state index is 0.0959. The van der Waals surface area contributed by atoms with Crippen LogP contribution in [0, 0.1) is 0 Å². The van der Waals surface area contributed by atoms with Gasteiger partial charge in [0.2, 0.25) is 0 Å². The third-order valence-electron chi connectivity index (χ3n) is 3.59. The zero-order valence-electron chi connectivity index (χ0n) is 13.1. The van der Waals surface area contributed by atoms with Crippen LogP contribution >= 0.6 is 0 Å². The maximum atomic E-state index is 12.8. The molecule has 0 aliphatic carbocycles. The van der Waals surface area contributed by atoms with Gasteiger partial charge in [-0.05, 0) is 36.4 Å². The molecule has 2 aromatic carbocycles. The average molecular weight is 376 g/mol. The van der Waals surface area contributed by atoms with Crippen molar-refractivity contribution in [2.24, 2.45) is 0 Å². The van der Waals surface area contributed by atoms with Crippen LogP contribution < -0.4 is 0 Å². The molecule has 2 aromatic rings. The molecule has 130 valence electrons. The predicted molar refractivity (Wildman–Crippen MR) is 94.1 cm³/mol. The number of hydrogen-bond donors (Lipinski definition) is 0. The molecule has 0 aromatic heterocycles. The SMILES string of the molecule is O=S(=O)(c1ccccc1)N1C=CC=CN(S(=O)(=O)c2ccccc2)C1. The summed E-state index contributed by atoms with van der Waals surface area (Å²) in [6.07, 6.45) is 5.67. The Kier molecular flexibility index (Phi) is 4.65. The van der Waals surface area contributed by atoms with Gasteiger partial charge >= 0.3 is 0 Å². The molecule has 0 bridgehead atoms. The second kappa shape index (κ2) is 6.73. The molecule has 0 saturated heterocycles. The van der Waals surface area contributed by atoms with Crippen molar-refractivity contribution in [2.75, 3.05) is 6.67 Å². The molecule has 0 saturated carbocycles. The largest absolute Gasteiger partial charge is 0.265 e. The van der Waals surface area contributed by atoms with E-state index in [-0.39, 0.29) is 16.5 Å². The van der Waals surface area contributed by atoms with Gasteiger partial charge < -0.3 is 0 Å². The fourth-order valence-electron chi connectivity index (χ4n) is 2.29. The van der Waals surface area contributed by atoms with Crippen LogP contribution in [0.1, 0.15) is 0 Å². The fourth-order valence-corrected chi connectivity index (χ4v) is 4.92. The highest BCUT2D eigenvalue weighted by atomic mass is 32.2. The van der Waals surface area contributed by atoms with Gasteiger partial charge in [-0.25, -0.2) is 16.8 Å². The minimum Gasteiger partial charge on any atom is -0.253 e. The van der Waals surface area contributed by atoms with Crippen molar-refractivity contribution >= 4 is 20.0 Å². The van der Waals surface area contributed by atoms with Crippen molar-refractivity contribution in [3.63, 3.8) is 0 Å². The summed E-state index contributed by atoms with van der Waals surface area (Å²) in [5, 5.41) is 0. The first-order chi connectivity index (χ1) is 11.9. The van der Waals surface area contributed by atoms with Gasteiger partial charge in [-0.3, -0.25) is 8.61 Å². The smallest absolute Gasteiger partial charge is 0.253 e. The summed E-state index contributed by atoms with van der Waals surface area (Å²) in [7, 11) is -7.72. The highest BCUT2D eigenvalue weighted by Gasteiger charge is 2.29. The summed E-state index contributed by atoms with van der Waals surface area (Å²) in [6, 6.07) is 15.8. The summed E-state index contributed by atoms with van der Waals surface area (Å²) in [5.41, 5.74) is 0. The minimum atomic E-state index is -3.86. The summed E-state index contributed by atoms with van der Waals surface area (Å²) in [4.78, 5) is 0.192. The van der Waals surface area contributed by atoms with E-state index in [4.69, 9.17) is 0 Å². The van der Waals surface area contributed by atoms with E-state index in [0.29, 0.717) is 0 Å². The van der Waals surface area contributed by atoms with E-state index in [2.05, 4.69) is 0 Å². The third-order valence-corrected chi connectivity index (χ3v) is 7.04. The molecule has 6 nitrogen and oxygen atoms in total. The molecule has 0 unspecified atom stereocenters. The Morgan fingerprint density at radius 3 is 1.32 bits per heavy atom. The second-order valence-electron chi connectivity index (χ2n) is 5.23. The number of hydrogen-bond acceptors (Lipinski definition) is 4. The summed E-state index contributed by atoms with van der Waals surface area (Å²) in [6.45, 7) is -0.346. The van der Waals surface area contributed by atoms with Gasteiger partial charge in [-0.15, -0.1) is 0 Å². The Morgan fingerprint density at radius 2 is 0.960 bits per heavy atom. The van der Waals surface area contributed by atoms with Gasteiger partial charge in [0.15, 0.2) is 0 Å². The number of nitrogens with zero attached hydrogens (tertiary/aromatic N) is 2. The van der Waals surface area contributed by atoms with Crippen LogP contribution in [0.4, 0.5) is 0 Å². The van der Waals surface area contributed by atoms with Crippen molar-refractivity contribution in [3.05, 3.63) is 85.2 Å². The summed E-state index contributed by atoms with van der Waals surface area (Å²) in [5.74, 6) is 0. The second-order valence-corrected chi connectivity index (χ2v) is 9.02. The van der Waals surface area contributed by atoms with E-state index < -0.39 is 20.0 Å². The molecule has 0 N–H and O–H groups in total. The third kappa shape index (κ3) is 3.45. The molecule has 1 aliphatic rings. The first-order valence-corrected chi connectivity index (χ1v) is 10.3. The maximum absolute atomic E-state index is 12.8. The van der Waals surface area contributed by atoms with E-state index in [1.54, 1.807) is 36.4 Å². The van der Waals surface area contributed by atoms with Gasteiger partial charge in [0.05, 0.1) is 9.79 Å². The summed E-state index contributed by atoms with van der Waals surface area (Å²) >= 11 is 0. The molecule has 0 spiro atoms. The van der Waals surface area contributed by atoms with Crippen molar-refractivity contribution in [1.82, 2.24) is 8.61 Å². The Bertz CT molecular complexity index is 916. The molecule has 8 heteroatoms. The molecule has 0 fully saturated rings. The van der Waals surface area contributed by atoms with E-state index >= 15 is 0 Å². The lowest BCUT2D eigenvalue weighted by Crippen LogP contribution is -2.38. The first kappa shape index (κ1) is 17.2. The average Bonchev–Trinajstić information content (AvgIpc) is 2.90. The lowest BCUT2D eigenvalue weighted by atomic mass is 10.4. The van der Waals surface area contributed by atoms with Crippen LogP contribution in [0.25, 0.3) is 0 Å². The molecular formula is C17H16N2O4S2. The highest BCUT2D eigenvalue weighted by Crippen LogP contribution is 2.22. The summed E-state index contributed by atoms with van der Waals surface area (Å²) < 4.78 is 53.1. The highest BCUT2D eigenvalue weighted by molar-refractivity contribution is 7.90. The lowest BCUT2D eigenvalue weighted by molar-refractivity contribution is 0.396. The molecule has 1 aliphatic heterocycles. The topological polar surface area (TPSA) is 74.8 Å². The lowest BCUT2D eigenvalue weighted by Gasteiger charge is -2.26. The van der Waals surface area contributed by atoms with E-state index in [0.717, 1.165) is 8.61 Å². The van der Waals surface area contributed by atoms with Crippen LogP contribution in [0.15, 0.2) is 95.0 Å². The molecular weight excluding hydrogens is 360 g/mol. The zero-order chi connectivity index (χ0) is 17.9. The van der Waals surface area contributed by atoms with Crippen LogP contribution in [0.2, 0.25) is 0 Å². The standard InChI is InChI=1S/C17H16N2O4S2/c20-24(21,16-9-3-1-4-10-16)18-13-7-8-14-19(15-18)25(22,23)17-11-5-2-6-12-17/h1-14H,15H2. The fraction of sp³-hybridized carbons (Fsp3) is 0.0588. The van der Waals surface area contributed by atoms with E-state index in [1.165, 1.54) is 48.8 Å². The number of allylic oxidation sites excluding steroid dienone is 2. The molecule has 0 atom stereocenters. The predicted octanol–water partition coefficient (Wildman–Crippen LogP) is 2.37. The quantitative estimate of drug-likeness (QED) is 0.821. The van der Waals surface area contributed by atoms with Crippen molar-refractivity contribution in [3.8, 4) is 0 Å². The number of sulfonamides is 2. The molecule has 3 rings (SSSR count). The number of rotatable bonds is 4. The van der Waals surface area contributed by atoms with E-state index in [1.807, 2.05) is 0 Å². The van der Waals surface area contributed by atoms with Crippen LogP contribution in [-0.4, -0.2) is 32.1 Å². The Hall–Kier alpha value is -2.58. The van der Waals surface area contributed by atoms with Crippen molar-refractivity contribution in [2.45, 2.75) is 9.79 Å². The maximum Gasteiger partial charge on any atom is 0.265 e.